The van der Waals surface area contributed by atoms with Crippen LogP contribution >= 0.6 is 0 Å². The van der Waals surface area contributed by atoms with E-state index in [9.17, 15) is 10.4 Å². The number of nitrogens with two attached hydrogens (primary N) is 1. The monoisotopic (exact) mass is 452 g/mol. The molecule has 34 heavy (non-hydrogen) atoms. The summed E-state index contributed by atoms with van der Waals surface area (Å²) in [6.07, 6.45) is 22.3. The van der Waals surface area contributed by atoms with Crippen molar-refractivity contribution in [2.24, 2.45) is 27.6 Å². The lowest BCUT2D eigenvalue weighted by atomic mass is 9.61. The Morgan fingerprint density at radius 3 is 2.76 bits per heavy atom. The van der Waals surface area contributed by atoms with Crippen molar-refractivity contribution in [2.45, 2.75) is 56.3 Å². The maximum absolute atomic E-state index is 10.2. The average Bonchev–Trinajstić information content (AvgIpc) is 3.26. The Morgan fingerprint density at radius 1 is 1.24 bits per heavy atom. The summed E-state index contributed by atoms with van der Waals surface area (Å²) >= 11 is 0. The number of dihydropyridines is 1. The lowest BCUT2D eigenvalue weighted by Crippen LogP contribution is -2.61. The molecule has 0 radical (unpaired) electrons. The third-order valence-corrected chi connectivity index (χ3v) is 7.63. The van der Waals surface area contributed by atoms with Crippen LogP contribution in [0.5, 0.6) is 0 Å². The zero-order valence-electron chi connectivity index (χ0n) is 19.2. The van der Waals surface area contributed by atoms with Crippen LogP contribution in [0, 0.1) is 23.2 Å². The molecule has 3 N–H and O–H groups in total. The van der Waals surface area contributed by atoms with Crippen molar-refractivity contribution in [3.05, 3.63) is 71.0 Å². The van der Waals surface area contributed by atoms with Crippen LogP contribution in [-0.2, 0) is 0 Å². The first-order chi connectivity index (χ1) is 16.4. The van der Waals surface area contributed by atoms with Gasteiger partial charge in [0, 0.05) is 17.7 Å². The molecular formula is C27H28N6O. The Balaban J connectivity index is 1.38. The van der Waals surface area contributed by atoms with Crippen molar-refractivity contribution < 1.29 is 5.11 Å². The van der Waals surface area contributed by atoms with E-state index < -0.39 is 11.1 Å². The third kappa shape index (κ3) is 3.37. The molecule has 3 heterocycles. The molecule has 6 rings (SSSR count). The molecule has 5 aliphatic rings. The van der Waals surface area contributed by atoms with Gasteiger partial charge in [0.25, 0.3) is 0 Å². The highest BCUT2D eigenvalue weighted by molar-refractivity contribution is 6.14. The van der Waals surface area contributed by atoms with Crippen LogP contribution in [0.25, 0.3) is 0 Å². The standard InChI is InChI=1S/C27H28N6O/c1-26(34)15-27(29,16-26)21-9-7-18(8-10-21)23-22(17-5-3-2-4-6-17)11-19-13-30-24-20(12-28)14-31-33(24)25(19)32-23/h2-5,7,9,11,13-14,17,19,25,34H,6,8,10,15-16,29H2,1H3. The van der Waals surface area contributed by atoms with Gasteiger partial charge in [-0.05, 0) is 55.7 Å². The fraction of sp³-hybridized carbons (Fsp3) is 0.407. The van der Waals surface area contributed by atoms with Crippen LogP contribution in [0.4, 0.5) is 5.82 Å². The van der Waals surface area contributed by atoms with Crippen molar-refractivity contribution in [3.8, 4) is 6.07 Å². The number of hydrogen-bond acceptors (Lipinski definition) is 6. The summed E-state index contributed by atoms with van der Waals surface area (Å²) in [7, 11) is 0. The maximum atomic E-state index is 10.2. The first kappa shape index (κ1) is 21.2. The van der Waals surface area contributed by atoms with Gasteiger partial charge in [0.2, 0.25) is 0 Å². The predicted octanol–water partition coefficient (Wildman–Crippen LogP) is 3.99. The lowest BCUT2D eigenvalue weighted by Gasteiger charge is -2.51. The largest absolute Gasteiger partial charge is 0.390 e. The molecule has 7 heteroatoms. The summed E-state index contributed by atoms with van der Waals surface area (Å²) in [6.45, 7) is 1.86. The van der Waals surface area contributed by atoms with E-state index in [-0.39, 0.29) is 18.0 Å². The number of allylic oxidation sites excluding steroid dienone is 8. The summed E-state index contributed by atoms with van der Waals surface area (Å²) in [6, 6.07) is 2.17. The first-order valence-corrected chi connectivity index (χ1v) is 11.9. The van der Waals surface area contributed by atoms with Crippen molar-refractivity contribution in [1.29, 1.82) is 5.26 Å². The van der Waals surface area contributed by atoms with Gasteiger partial charge in [0.05, 0.1) is 23.4 Å². The van der Waals surface area contributed by atoms with Gasteiger partial charge in [0.15, 0.2) is 12.0 Å². The molecule has 1 saturated carbocycles. The van der Waals surface area contributed by atoms with E-state index in [2.05, 4.69) is 58.7 Å². The van der Waals surface area contributed by atoms with E-state index in [1.807, 2.05) is 13.1 Å². The van der Waals surface area contributed by atoms with E-state index >= 15 is 0 Å². The van der Waals surface area contributed by atoms with Crippen LogP contribution in [0.15, 0.2) is 75.4 Å². The van der Waals surface area contributed by atoms with Crippen LogP contribution in [0.3, 0.4) is 0 Å². The molecule has 0 saturated heterocycles. The smallest absolute Gasteiger partial charge is 0.170 e. The summed E-state index contributed by atoms with van der Waals surface area (Å²) in [5.41, 5.74) is 10.7. The topological polar surface area (TPSA) is 113 Å². The molecule has 1 aromatic rings. The maximum Gasteiger partial charge on any atom is 0.170 e. The number of nitrogens with zero attached hydrogens (tertiary/aromatic N) is 5. The molecule has 1 fully saturated rings. The minimum absolute atomic E-state index is 0.00295. The minimum Gasteiger partial charge on any atom is -0.390 e. The van der Waals surface area contributed by atoms with Gasteiger partial charge < -0.3 is 10.8 Å². The van der Waals surface area contributed by atoms with Gasteiger partial charge in [-0.2, -0.15) is 10.4 Å². The zero-order chi connectivity index (χ0) is 23.5. The van der Waals surface area contributed by atoms with Gasteiger partial charge in [0.1, 0.15) is 11.6 Å². The molecule has 0 bridgehead atoms. The second kappa shape index (κ2) is 7.59. The van der Waals surface area contributed by atoms with Gasteiger partial charge in [-0.1, -0.05) is 42.5 Å². The summed E-state index contributed by atoms with van der Waals surface area (Å²) in [5.74, 6) is 0.837. The van der Waals surface area contributed by atoms with E-state index in [4.69, 9.17) is 10.7 Å². The highest BCUT2D eigenvalue weighted by atomic mass is 16.3. The highest BCUT2D eigenvalue weighted by Crippen LogP contribution is 2.47. The predicted molar refractivity (Wildman–Crippen MR) is 132 cm³/mol. The molecule has 0 amide bonds. The number of aromatic nitrogens is 2. The molecule has 3 aliphatic carbocycles. The van der Waals surface area contributed by atoms with Crippen molar-refractivity contribution >= 4 is 17.7 Å². The van der Waals surface area contributed by atoms with Crippen LogP contribution in [0.1, 0.15) is 50.8 Å². The van der Waals surface area contributed by atoms with Crippen LogP contribution in [-0.4, -0.2) is 38.0 Å². The number of rotatable bonds is 3. The average molecular weight is 453 g/mol. The van der Waals surface area contributed by atoms with E-state index in [0.717, 1.165) is 25.0 Å². The Kier molecular flexibility index (Phi) is 4.73. The number of nitriles is 1. The van der Waals surface area contributed by atoms with Crippen molar-refractivity contribution in [3.63, 3.8) is 0 Å². The molecule has 3 atom stereocenters. The third-order valence-electron chi connectivity index (χ3n) is 7.63. The quantitative estimate of drug-likeness (QED) is 0.722. The Hall–Kier alpha value is -3.34. The van der Waals surface area contributed by atoms with Gasteiger partial charge >= 0.3 is 0 Å². The van der Waals surface area contributed by atoms with Gasteiger partial charge in [-0.25, -0.2) is 9.67 Å². The Labute approximate surface area is 199 Å². The normalized spacial score (nSPS) is 35.8. The van der Waals surface area contributed by atoms with Crippen LogP contribution < -0.4 is 5.73 Å². The zero-order valence-corrected chi connectivity index (χ0v) is 19.2. The first-order valence-electron chi connectivity index (χ1n) is 11.9. The van der Waals surface area contributed by atoms with Crippen molar-refractivity contribution in [1.82, 2.24) is 9.78 Å². The second-order valence-corrected chi connectivity index (χ2v) is 10.4. The fourth-order valence-corrected chi connectivity index (χ4v) is 6.08. The van der Waals surface area contributed by atoms with Gasteiger partial charge in [-0.3, -0.25) is 4.99 Å². The fourth-order valence-electron chi connectivity index (χ4n) is 6.08. The summed E-state index contributed by atoms with van der Waals surface area (Å²) < 4.78 is 1.78. The number of aliphatic imine (C=N–C) groups is 2. The molecule has 2 aliphatic heterocycles. The lowest BCUT2D eigenvalue weighted by molar-refractivity contribution is -0.0588. The van der Waals surface area contributed by atoms with E-state index in [1.54, 1.807) is 10.9 Å². The molecule has 1 aromatic heterocycles. The highest BCUT2D eigenvalue weighted by Gasteiger charge is 2.50. The molecular weight excluding hydrogens is 424 g/mol. The summed E-state index contributed by atoms with van der Waals surface area (Å²) in [5, 5.41) is 24.1. The molecule has 3 unspecified atom stereocenters. The van der Waals surface area contributed by atoms with E-state index in [0.29, 0.717) is 24.2 Å². The van der Waals surface area contributed by atoms with Crippen molar-refractivity contribution in [2.75, 3.05) is 0 Å². The SMILES string of the molecule is CC1(O)CC(N)(C2=CC=C(C3=NC4C(C=Nc5c(C#N)cnn54)C=C3C3C=CC=CC3)CC2)C1. The second-order valence-electron chi connectivity index (χ2n) is 10.4. The Morgan fingerprint density at radius 2 is 2.09 bits per heavy atom. The molecule has 7 nitrogen and oxygen atoms in total. The van der Waals surface area contributed by atoms with Crippen LogP contribution in [0.2, 0.25) is 0 Å². The Bertz CT molecular complexity index is 1300. The van der Waals surface area contributed by atoms with E-state index in [1.165, 1.54) is 16.7 Å². The molecule has 0 spiro atoms. The number of aliphatic hydroxyl groups is 1. The van der Waals surface area contributed by atoms with Gasteiger partial charge in [-0.15, -0.1) is 0 Å². The number of fused-ring (bicyclic) bond motifs is 3. The summed E-state index contributed by atoms with van der Waals surface area (Å²) in [4.78, 5) is 9.78. The molecule has 0 aromatic carbocycles. The molecule has 172 valence electrons. The number of hydrogen-bond donors (Lipinski definition) is 2. The minimum atomic E-state index is -0.662.